The zero-order valence-electron chi connectivity index (χ0n) is 11.4. The first-order valence-electron chi connectivity index (χ1n) is 7.15. The van der Waals surface area contributed by atoms with Crippen LogP contribution in [0.2, 0.25) is 0 Å². The fourth-order valence-electron chi connectivity index (χ4n) is 2.53. The van der Waals surface area contributed by atoms with Crippen LogP contribution in [0.25, 0.3) is 0 Å². The summed E-state index contributed by atoms with van der Waals surface area (Å²) in [5.41, 5.74) is -0.0744. The molecule has 0 aromatic carbocycles. The second-order valence-corrected chi connectivity index (χ2v) is 5.65. The van der Waals surface area contributed by atoms with Gasteiger partial charge in [-0.3, -0.25) is 4.79 Å². The van der Waals surface area contributed by atoms with E-state index in [-0.39, 0.29) is 5.56 Å². The van der Waals surface area contributed by atoms with Gasteiger partial charge in [-0.15, -0.1) is 0 Å². The van der Waals surface area contributed by atoms with Gasteiger partial charge in [0.15, 0.2) is 0 Å². The Morgan fingerprint density at radius 2 is 2.11 bits per heavy atom. The van der Waals surface area contributed by atoms with Crippen LogP contribution < -0.4 is 10.5 Å². The summed E-state index contributed by atoms with van der Waals surface area (Å²) in [5.74, 6) is 2.30. The molecule has 104 valence electrons. The van der Waals surface area contributed by atoms with E-state index in [9.17, 15) is 4.79 Å². The first-order chi connectivity index (χ1) is 9.20. The summed E-state index contributed by atoms with van der Waals surface area (Å²) >= 11 is 0. The smallest absolute Gasteiger partial charge is 0.252 e. The number of anilines is 1. The zero-order valence-corrected chi connectivity index (χ0v) is 11.4. The fourth-order valence-corrected chi connectivity index (χ4v) is 2.53. The number of ether oxygens (including phenoxy) is 1. The highest BCUT2D eigenvalue weighted by molar-refractivity contribution is 5.37. The van der Waals surface area contributed by atoms with Gasteiger partial charge in [0, 0.05) is 25.8 Å². The van der Waals surface area contributed by atoms with E-state index >= 15 is 0 Å². The van der Waals surface area contributed by atoms with Gasteiger partial charge in [-0.05, 0) is 38.5 Å². The number of aromatic amines is 1. The Hall–Kier alpha value is -1.36. The molecule has 2 aliphatic rings. The highest BCUT2D eigenvalue weighted by atomic mass is 16.5. The van der Waals surface area contributed by atoms with Crippen molar-refractivity contribution in [3.63, 3.8) is 0 Å². The lowest BCUT2D eigenvalue weighted by Crippen LogP contribution is -2.38. The van der Waals surface area contributed by atoms with Crippen LogP contribution in [0.5, 0.6) is 0 Å². The van der Waals surface area contributed by atoms with Gasteiger partial charge in [-0.2, -0.15) is 0 Å². The number of H-pyrrole nitrogens is 1. The molecule has 0 radical (unpaired) electrons. The van der Waals surface area contributed by atoms with Crippen LogP contribution in [0.4, 0.5) is 5.82 Å². The first-order valence-corrected chi connectivity index (χ1v) is 7.15. The van der Waals surface area contributed by atoms with Crippen LogP contribution in [0.1, 0.15) is 31.5 Å². The quantitative estimate of drug-likeness (QED) is 0.894. The lowest BCUT2D eigenvalue weighted by atomic mass is 10.1. The van der Waals surface area contributed by atoms with Crippen molar-refractivity contribution in [2.45, 2.75) is 38.7 Å². The molecule has 2 fully saturated rings. The Balaban J connectivity index is 1.55. The molecule has 1 aromatic heterocycles. The number of hydrogen-bond acceptors (Lipinski definition) is 4. The minimum Gasteiger partial charge on any atom is -0.378 e. The Morgan fingerprint density at radius 3 is 2.74 bits per heavy atom. The molecule has 1 aliphatic carbocycles. The van der Waals surface area contributed by atoms with Crippen molar-refractivity contribution in [1.29, 1.82) is 0 Å². The normalized spacial score (nSPS) is 20.8. The molecule has 1 saturated heterocycles. The van der Waals surface area contributed by atoms with Crippen molar-refractivity contribution in [2.24, 2.45) is 5.92 Å². The number of aryl methyl sites for hydroxylation is 1. The third-order valence-electron chi connectivity index (χ3n) is 3.88. The summed E-state index contributed by atoms with van der Waals surface area (Å²) in [6, 6.07) is 1.58. The second kappa shape index (κ2) is 5.33. The third-order valence-corrected chi connectivity index (χ3v) is 3.88. The maximum Gasteiger partial charge on any atom is 0.252 e. The minimum atomic E-state index is -0.0744. The average molecular weight is 263 g/mol. The monoisotopic (exact) mass is 263 g/mol. The van der Waals surface area contributed by atoms with Crippen LogP contribution in [0.15, 0.2) is 10.9 Å². The molecule has 1 aromatic rings. The van der Waals surface area contributed by atoms with Crippen LogP contribution in [0, 0.1) is 12.8 Å². The molecule has 0 spiro atoms. The molecule has 2 heterocycles. The van der Waals surface area contributed by atoms with Crippen molar-refractivity contribution in [1.82, 2.24) is 9.97 Å². The van der Waals surface area contributed by atoms with E-state index in [2.05, 4.69) is 14.9 Å². The maximum absolute atomic E-state index is 11.5. The van der Waals surface area contributed by atoms with E-state index in [1.165, 1.54) is 12.8 Å². The topological polar surface area (TPSA) is 58.2 Å². The van der Waals surface area contributed by atoms with E-state index in [1.54, 1.807) is 6.07 Å². The lowest BCUT2D eigenvalue weighted by Gasteiger charge is -2.32. The number of hydrogen-bond donors (Lipinski definition) is 1. The molecule has 1 N–H and O–H groups in total. The maximum atomic E-state index is 11.5. The summed E-state index contributed by atoms with van der Waals surface area (Å²) in [6.45, 7) is 4.60. The van der Waals surface area contributed by atoms with Crippen LogP contribution in [-0.2, 0) is 4.74 Å². The molecule has 0 amide bonds. The second-order valence-electron chi connectivity index (χ2n) is 5.65. The van der Waals surface area contributed by atoms with E-state index in [4.69, 9.17) is 4.74 Å². The highest BCUT2D eigenvalue weighted by Gasteiger charge is 2.25. The van der Waals surface area contributed by atoms with Crippen molar-refractivity contribution in [2.75, 3.05) is 24.6 Å². The lowest BCUT2D eigenvalue weighted by molar-refractivity contribution is 0.0304. The van der Waals surface area contributed by atoms with Crippen LogP contribution in [0.3, 0.4) is 0 Å². The van der Waals surface area contributed by atoms with Gasteiger partial charge in [-0.1, -0.05) is 0 Å². The molecule has 19 heavy (non-hydrogen) atoms. The molecule has 5 heteroatoms. The van der Waals surface area contributed by atoms with Crippen molar-refractivity contribution in [3.8, 4) is 0 Å². The predicted molar refractivity (Wildman–Crippen MR) is 73.5 cm³/mol. The summed E-state index contributed by atoms with van der Waals surface area (Å²) in [4.78, 5) is 20.7. The molecule has 1 saturated carbocycles. The number of piperidine rings is 1. The average Bonchev–Trinajstić information content (AvgIpc) is 3.20. The number of aromatic nitrogens is 2. The molecule has 0 unspecified atom stereocenters. The molecule has 0 atom stereocenters. The molecule has 5 nitrogen and oxygen atoms in total. The number of nitrogens with one attached hydrogen (secondary N) is 1. The SMILES string of the molecule is Cc1nc(N2CCC(OCC3CC3)CC2)cc(=O)[nH]1. The first kappa shape index (κ1) is 12.7. The number of rotatable bonds is 4. The Labute approximate surface area is 113 Å². The Bertz CT molecular complexity index is 488. The van der Waals surface area contributed by atoms with Crippen molar-refractivity contribution < 1.29 is 4.74 Å². The predicted octanol–water partition coefficient (Wildman–Crippen LogP) is 1.47. The molecular formula is C14H21N3O2. The van der Waals surface area contributed by atoms with Gasteiger partial charge in [0.05, 0.1) is 6.10 Å². The van der Waals surface area contributed by atoms with E-state index in [0.717, 1.165) is 44.3 Å². The summed E-state index contributed by atoms with van der Waals surface area (Å²) in [5, 5.41) is 0. The van der Waals surface area contributed by atoms with Gasteiger partial charge in [0.25, 0.3) is 5.56 Å². The molecule has 1 aliphatic heterocycles. The highest BCUT2D eigenvalue weighted by Crippen LogP contribution is 2.30. The standard InChI is InChI=1S/C14H21N3O2/c1-10-15-13(8-14(18)16-10)17-6-4-12(5-7-17)19-9-11-2-3-11/h8,11-12H,2-7,9H2,1H3,(H,15,16,18). The van der Waals surface area contributed by atoms with E-state index in [0.29, 0.717) is 11.9 Å². The van der Waals surface area contributed by atoms with Crippen molar-refractivity contribution in [3.05, 3.63) is 22.2 Å². The Morgan fingerprint density at radius 1 is 1.37 bits per heavy atom. The van der Waals surface area contributed by atoms with Crippen molar-refractivity contribution >= 4 is 5.82 Å². The van der Waals surface area contributed by atoms with Gasteiger partial charge in [-0.25, -0.2) is 4.98 Å². The van der Waals surface area contributed by atoms with Crippen LogP contribution >= 0.6 is 0 Å². The third kappa shape index (κ3) is 3.35. The zero-order chi connectivity index (χ0) is 13.2. The van der Waals surface area contributed by atoms with Gasteiger partial charge < -0.3 is 14.6 Å². The molecule has 3 rings (SSSR count). The Kier molecular flexibility index (Phi) is 3.55. The summed E-state index contributed by atoms with van der Waals surface area (Å²) in [6.07, 6.45) is 5.13. The summed E-state index contributed by atoms with van der Waals surface area (Å²) in [7, 11) is 0. The van der Waals surface area contributed by atoms with E-state index < -0.39 is 0 Å². The summed E-state index contributed by atoms with van der Waals surface area (Å²) < 4.78 is 5.92. The van der Waals surface area contributed by atoms with Gasteiger partial charge >= 0.3 is 0 Å². The number of nitrogens with zero attached hydrogens (tertiary/aromatic N) is 2. The fraction of sp³-hybridized carbons (Fsp3) is 0.714. The minimum absolute atomic E-state index is 0.0744. The molecule has 0 bridgehead atoms. The van der Waals surface area contributed by atoms with Gasteiger partial charge in [0.2, 0.25) is 0 Å². The van der Waals surface area contributed by atoms with Gasteiger partial charge in [0.1, 0.15) is 11.6 Å². The van der Waals surface area contributed by atoms with E-state index in [1.807, 2.05) is 6.92 Å². The molecular weight excluding hydrogens is 242 g/mol. The van der Waals surface area contributed by atoms with Crippen LogP contribution in [-0.4, -0.2) is 35.8 Å². The largest absolute Gasteiger partial charge is 0.378 e.